The first-order chi connectivity index (χ1) is 11.1. The third kappa shape index (κ3) is 2.65. The maximum atomic E-state index is 12.2. The number of hydrogen-bond acceptors (Lipinski definition) is 5. The Bertz CT molecular complexity index is 990. The number of aromatic nitrogens is 2. The van der Waals surface area contributed by atoms with Crippen molar-refractivity contribution in [2.24, 2.45) is 0 Å². The SMILES string of the molecule is N#C[C@@H](c1ccccc1)c1nc2ccc([N+](=O)[O-])cc2[nH]c1=O. The van der Waals surface area contributed by atoms with Crippen molar-refractivity contribution in [3.05, 3.63) is 80.3 Å². The summed E-state index contributed by atoms with van der Waals surface area (Å²) in [5.74, 6) is -0.806. The summed E-state index contributed by atoms with van der Waals surface area (Å²) in [6, 6.07) is 14.9. The van der Waals surface area contributed by atoms with Gasteiger partial charge in [-0.25, -0.2) is 4.98 Å². The normalized spacial score (nSPS) is 11.8. The highest BCUT2D eigenvalue weighted by Crippen LogP contribution is 2.22. The van der Waals surface area contributed by atoms with Gasteiger partial charge in [-0.15, -0.1) is 0 Å². The van der Waals surface area contributed by atoms with Crippen LogP contribution in [0, 0.1) is 21.4 Å². The third-order valence-corrected chi connectivity index (χ3v) is 3.45. The minimum Gasteiger partial charge on any atom is -0.319 e. The van der Waals surface area contributed by atoms with Gasteiger partial charge in [-0.3, -0.25) is 14.9 Å². The van der Waals surface area contributed by atoms with Crippen molar-refractivity contribution in [2.75, 3.05) is 0 Å². The fourth-order valence-electron chi connectivity index (χ4n) is 2.34. The molecule has 3 rings (SSSR count). The van der Waals surface area contributed by atoms with Crippen LogP contribution in [0.3, 0.4) is 0 Å². The summed E-state index contributed by atoms with van der Waals surface area (Å²) in [5.41, 5.74) is 0.712. The van der Waals surface area contributed by atoms with Crippen molar-refractivity contribution in [2.45, 2.75) is 5.92 Å². The second-order valence-electron chi connectivity index (χ2n) is 4.88. The number of hydrogen-bond donors (Lipinski definition) is 1. The lowest BCUT2D eigenvalue weighted by Gasteiger charge is -2.09. The zero-order valence-corrected chi connectivity index (χ0v) is 11.8. The van der Waals surface area contributed by atoms with Crippen LogP contribution in [0.5, 0.6) is 0 Å². The average molecular weight is 306 g/mol. The minimum atomic E-state index is -0.806. The summed E-state index contributed by atoms with van der Waals surface area (Å²) in [6.07, 6.45) is 0. The number of nitro benzene ring substituents is 1. The fourth-order valence-corrected chi connectivity index (χ4v) is 2.34. The van der Waals surface area contributed by atoms with Gasteiger partial charge in [0, 0.05) is 12.1 Å². The zero-order valence-electron chi connectivity index (χ0n) is 11.8. The first-order valence-electron chi connectivity index (χ1n) is 6.73. The Morgan fingerprint density at radius 3 is 2.61 bits per heavy atom. The lowest BCUT2D eigenvalue weighted by Crippen LogP contribution is -2.19. The Kier molecular flexibility index (Phi) is 3.57. The number of nitrogens with zero attached hydrogens (tertiary/aromatic N) is 3. The molecule has 7 nitrogen and oxygen atoms in total. The Hall–Kier alpha value is -3.53. The zero-order chi connectivity index (χ0) is 16.4. The molecule has 0 aliphatic rings. The average Bonchev–Trinajstić information content (AvgIpc) is 2.56. The molecule has 0 saturated heterocycles. The Balaban J connectivity index is 2.17. The van der Waals surface area contributed by atoms with Crippen LogP contribution in [0.4, 0.5) is 5.69 Å². The van der Waals surface area contributed by atoms with Gasteiger partial charge in [0.05, 0.1) is 22.0 Å². The van der Waals surface area contributed by atoms with Crippen LogP contribution in [0.25, 0.3) is 11.0 Å². The topological polar surface area (TPSA) is 113 Å². The van der Waals surface area contributed by atoms with E-state index in [9.17, 15) is 20.2 Å². The highest BCUT2D eigenvalue weighted by Gasteiger charge is 2.20. The molecule has 0 aliphatic heterocycles. The number of H-pyrrole nitrogens is 1. The smallest absolute Gasteiger partial charge is 0.271 e. The highest BCUT2D eigenvalue weighted by molar-refractivity contribution is 5.77. The third-order valence-electron chi connectivity index (χ3n) is 3.45. The molecule has 0 saturated carbocycles. The number of rotatable bonds is 3. The van der Waals surface area contributed by atoms with Crippen LogP contribution >= 0.6 is 0 Å². The molecule has 1 aromatic heterocycles. The van der Waals surface area contributed by atoms with E-state index in [1.165, 1.54) is 18.2 Å². The number of fused-ring (bicyclic) bond motifs is 1. The predicted molar refractivity (Wildman–Crippen MR) is 82.9 cm³/mol. The van der Waals surface area contributed by atoms with E-state index in [-0.39, 0.29) is 16.9 Å². The number of nitriles is 1. The summed E-state index contributed by atoms with van der Waals surface area (Å²) in [6.45, 7) is 0. The van der Waals surface area contributed by atoms with Crippen molar-refractivity contribution in [3.63, 3.8) is 0 Å². The van der Waals surface area contributed by atoms with Crippen molar-refractivity contribution < 1.29 is 4.92 Å². The van der Waals surface area contributed by atoms with Gasteiger partial charge in [-0.1, -0.05) is 30.3 Å². The quantitative estimate of drug-likeness (QED) is 0.590. The van der Waals surface area contributed by atoms with Crippen LogP contribution in [0.1, 0.15) is 17.2 Å². The lowest BCUT2D eigenvalue weighted by atomic mass is 9.97. The second-order valence-corrected chi connectivity index (χ2v) is 4.88. The minimum absolute atomic E-state index is 0.0695. The van der Waals surface area contributed by atoms with E-state index < -0.39 is 16.4 Å². The van der Waals surface area contributed by atoms with E-state index in [1.807, 2.05) is 6.07 Å². The molecule has 7 heteroatoms. The van der Waals surface area contributed by atoms with Crippen LogP contribution in [0.2, 0.25) is 0 Å². The van der Waals surface area contributed by atoms with Gasteiger partial charge in [0.15, 0.2) is 0 Å². The maximum absolute atomic E-state index is 12.2. The standard InChI is InChI=1S/C16H10N4O3/c17-9-12(10-4-2-1-3-5-10)15-16(21)19-14-8-11(20(22)23)6-7-13(14)18-15/h1-8,12H,(H,19,21)/t12-/m0/s1. The van der Waals surface area contributed by atoms with Gasteiger partial charge in [0.1, 0.15) is 11.6 Å². The number of nitrogens with one attached hydrogen (secondary N) is 1. The van der Waals surface area contributed by atoms with E-state index >= 15 is 0 Å². The van der Waals surface area contributed by atoms with Gasteiger partial charge in [-0.2, -0.15) is 5.26 Å². The van der Waals surface area contributed by atoms with E-state index in [0.717, 1.165) is 0 Å². The molecule has 0 spiro atoms. The fraction of sp³-hybridized carbons (Fsp3) is 0.0625. The number of aromatic amines is 1. The van der Waals surface area contributed by atoms with Crippen molar-refractivity contribution in [1.29, 1.82) is 5.26 Å². The molecule has 2 aromatic carbocycles. The molecule has 23 heavy (non-hydrogen) atoms. The van der Waals surface area contributed by atoms with Gasteiger partial charge in [0.2, 0.25) is 0 Å². The van der Waals surface area contributed by atoms with Crippen molar-refractivity contribution in [1.82, 2.24) is 9.97 Å². The summed E-state index contributed by atoms with van der Waals surface area (Å²) < 4.78 is 0. The van der Waals surface area contributed by atoms with Crippen LogP contribution in [-0.4, -0.2) is 14.9 Å². The molecule has 112 valence electrons. The van der Waals surface area contributed by atoms with E-state index in [4.69, 9.17) is 0 Å². The summed E-state index contributed by atoms with van der Waals surface area (Å²) in [7, 11) is 0. The largest absolute Gasteiger partial charge is 0.319 e. The number of nitro groups is 1. The van der Waals surface area contributed by atoms with Crippen LogP contribution < -0.4 is 5.56 Å². The highest BCUT2D eigenvalue weighted by atomic mass is 16.6. The molecular weight excluding hydrogens is 296 g/mol. The van der Waals surface area contributed by atoms with E-state index in [1.54, 1.807) is 24.3 Å². The number of non-ortho nitro benzene ring substituents is 1. The Morgan fingerprint density at radius 2 is 1.96 bits per heavy atom. The van der Waals surface area contributed by atoms with Gasteiger partial charge in [0.25, 0.3) is 11.2 Å². The molecule has 0 fully saturated rings. The second kappa shape index (κ2) is 5.69. The summed E-state index contributed by atoms with van der Waals surface area (Å²) in [5, 5.41) is 20.2. The molecule has 1 N–H and O–H groups in total. The molecule has 0 bridgehead atoms. The summed E-state index contributed by atoms with van der Waals surface area (Å²) >= 11 is 0. The molecular formula is C16H10N4O3. The number of benzene rings is 2. The molecule has 0 aliphatic carbocycles. The maximum Gasteiger partial charge on any atom is 0.271 e. The Morgan fingerprint density at radius 1 is 1.22 bits per heavy atom. The lowest BCUT2D eigenvalue weighted by molar-refractivity contribution is -0.384. The molecule has 0 radical (unpaired) electrons. The van der Waals surface area contributed by atoms with Crippen LogP contribution in [0.15, 0.2) is 53.3 Å². The first kappa shape index (κ1) is 14.4. The van der Waals surface area contributed by atoms with Crippen LogP contribution in [-0.2, 0) is 0 Å². The van der Waals surface area contributed by atoms with E-state index in [0.29, 0.717) is 11.1 Å². The summed E-state index contributed by atoms with van der Waals surface area (Å²) in [4.78, 5) is 29.3. The molecule has 0 amide bonds. The van der Waals surface area contributed by atoms with Gasteiger partial charge >= 0.3 is 0 Å². The van der Waals surface area contributed by atoms with Crippen molar-refractivity contribution >= 4 is 16.7 Å². The molecule has 0 unspecified atom stereocenters. The molecule has 3 aromatic rings. The Labute approximate surface area is 130 Å². The molecule has 1 atom stereocenters. The predicted octanol–water partition coefficient (Wildman–Crippen LogP) is 2.49. The van der Waals surface area contributed by atoms with Gasteiger partial charge < -0.3 is 4.98 Å². The van der Waals surface area contributed by atoms with Gasteiger partial charge in [-0.05, 0) is 11.6 Å². The monoisotopic (exact) mass is 306 g/mol. The molecule has 1 heterocycles. The van der Waals surface area contributed by atoms with Crippen molar-refractivity contribution in [3.8, 4) is 6.07 Å². The first-order valence-corrected chi connectivity index (χ1v) is 6.73. The van der Waals surface area contributed by atoms with E-state index in [2.05, 4.69) is 16.0 Å².